The van der Waals surface area contributed by atoms with Crippen LogP contribution in [0.5, 0.6) is 0 Å². The van der Waals surface area contributed by atoms with E-state index in [2.05, 4.69) is 10.1 Å². The summed E-state index contributed by atoms with van der Waals surface area (Å²) in [6, 6.07) is 7.21. The Morgan fingerprint density at radius 2 is 2.35 bits per heavy atom. The third-order valence-corrected chi connectivity index (χ3v) is 2.26. The molecule has 0 bridgehead atoms. The summed E-state index contributed by atoms with van der Waals surface area (Å²) >= 11 is 5.86. The molecule has 2 rings (SSSR count). The summed E-state index contributed by atoms with van der Waals surface area (Å²) < 4.78 is 1.45. The first-order valence-electron chi connectivity index (χ1n) is 4.78. The molecule has 6 heteroatoms. The first-order valence-corrected chi connectivity index (χ1v) is 5.16. The van der Waals surface area contributed by atoms with E-state index in [0.29, 0.717) is 10.8 Å². The predicted molar refractivity (Wildman–Crippen MR) is 62.2 cm³/mol. The number of hydrogen-bond donors (Lipinski definition) is 2. The largest absolute Gasteiger partial charge is 0.478 e. The van der Waals surface area contributed by atoms with Gasteiger partial charge in [0.05, 0.1) is 6.08 Å². The van der Waals surface area contributed by atoms with Crippen LogP contribution in [0.3, 0.4) is 0 Å². The number of aromatic nitrogens is 3. The number of aliphatic carboxylic acids is 1. The Morgan fingerprint density at radius 1 is 1.53 bits per heavy atom. The second kappa shape index (κ2) is 4.80. The van der Waals surface area contributed by atoms with Crippen molar-refractivity contribution < 1.29 is 14.6 Å². The second-order valence-electron chi connectivity index (χ2n) is 3.28. The molecule has 1 heterocycles. The van der Waals surface area contributed by atoms with Crippen molar-refractivity contribution in [3.8, 4) is 11.4 Å². The number of nitrogens with zero attached hydrogens (tertiary/aromatic N) is 2. The van der Waals surface area contributed by atoms with Crippen LogP contribution in [0, 0.1) is 0 Å². The van der Waals surface area contributed by atoms with E-state index in [1.54, 1.807) is 12.1 Å². The van der Waals surface area contributed by atoms with E-state index in [1.165, 1.54) is 17.2 Å². The first kappa shape index (κ1) is 11.3. The van der Waals surface area contributed by atoms with Crippen LogP contribution in [0.4, 0.5) is 0 Å². The van der Waals surface area contributed by atoms with Gasteiger partial charge in [0, 0.05) is 10.6 Å². The molecular formula is C11H9ClN3O2+. The molecule has 0 aliphatic heterocycles. The average Bonchev–Trinajstić information content (AvgIpc) is 2.75. The van der Waals surface area contributed by atoms with Gasteiger partial charge in [-0.15, -0.1) is 4.68 Å². The number of carbonyl (C=O) groups is 1. The van der Waals surface area contributed by atoms with Crippen LogP contribution in [-0.4, -0.2) is 21.2 Å². The number of aromatic amines is 1. The maximum atomic E-state index is 10.3. The first-order chi connectivity index (χ1) is 8.15. The number of halogens is 1. The number of hydrogen-bond acceptors (Lipinski definition) is 2. The van der Waals surface area contributed by atoms with E-state index in [0.717, 1.165) is 11.6 Å². The lowest BCUT2D eigenvalue weighted by molar-refractivity contribution is -0.630. The molecule has 0 spiro atoms. The highest BCUT2D eigenvalue weighted by Crippen LogP contribution is 2.17. The maximum absolute atomic E-state index is 10.3. The smallest absolute Gasteiger partial charge is 0.332 e. The second-order valence-corrected chi connectivity index (χ2v) is 3.71. The topological polar surface area (TPSA) is 69.9 Å². The Morgan fingerprint density at radius 3 is 3.06 bits per heavy atom. The molecule has 1 aromatic carbocycles. The quantitative estimate of drug-likeness (QED) is 0.642. The van der Waals surface area contributed by atoms with Crippen molar-refractivity contribution in [3.05, 3.63) is 41.7 Å². The summed E-state index contributed by atoms with van der Waals surface area (Å²) in [6.45, 7) is 0. The van der Waals surface area contributed by atoms with Gasteiger partial charge in [0.15, 0.2) is 0 Å². The predicted octanol–water partition coefficient (Wildman–Crippen LogP) is 1.57. The van der Waals surface area contributed by atoms with Crippen LogP contribution in [0.1, 0.15) is 0 Å². The fraction of sp³-hybridized carbons (Fsp3) is 0. The fourth-order valence-corrected chi connectivity index (χ4v) is 1.48. The number of carboxylic acid groups (broad SMARTS) is 1. The summed E-state index contributed by atoms with van der Waals surface area (Å²) in [6.07, 6.45) is 3.86. The minimum atomic E-state index is -1.02. The molecule has 0 radical (unpaired) electrons. The molecule has 1 aromatic heterocycles. The zero-order valence-corrected chi connectivity index (χ0v) is 9.43. The number of benzene rings is 1. The van der Waals surface area contributed by atoms with E-state index in [1.807, 2.05) is 12.1 Å². The molecule has 0 aliphatic carbocycles. The Balaban J connectivity index is 2.27. The van der Waals surface area contributed by atoms with Gasteiger partial charge in [-0.25, -0.2) is 4.79 Å². The van der Waals surface area contributed by atoms with Crippen LogP contribution in [0.15, 0.2) is 36.7 Å². The van der Waals surface area contributed by atoms with Gasteiger partial charge in [-0.2, -0.15) is 5.10 Å². The molecular weight excluding hydrogens is 242 g/mol. The van der Waals surface area contributed by atoms with Gasteiger partial charge < -0.3 is 5.11 Å². The molecule has 17 heavy (non-hydrogen) atoms. The van der Waals surface area contributed by atoms with Crippen LogP contribution in [0.25, 0.3) is 17.6 Å². The number of carboxylic acids is 1. The molecule has 5 nitrogen and oxygen atoms in total. The molecule has 2 aromatic rings. The monoisotopic (exact) mass is 250 g/mol. The highest BCUT2D eigenvalue weighted by atomic mass is 35.5. The third kappa shape index (κ3) is 2.92. The number of H-pyrrole nitrogens is 1. The molecule has 0 unspecified atom stereocenters. The van der Waals surface area contributed by atoms with Crippen LogP contribution in [-0.2, 0) is 4.79 Å². The van der Waals surface area contributed by atoms with Crippen molar-refractivity contribution in [1.29, 1.82) is 0 Å². The van der Waals surface area contributed by atoms with Crippen molar-refractivity contribution in [2.45, 2.75) is 0 Å². The van der Waals surface area contributed by atoms with E-state index in [4.69, 9.17) is 16.7 Å². The highest BCUT2D eigenvalue weighted by molar-refractivity contribution is 6.30. The fourth-order valence-electron chi connectivity index (χ4n) is 1.29. The van der Waals surface area contributed by atoms with Crippen molar-refractivity contribution in [3.63, 3.8) is 0 Å². The lowest BCUT2D eigenvalue weighted by Crippen LogP contribution is -2.27. The zero-order chi connectivity index (χ0) is 12.3. The Hall–Kier alpha value is -2.14. The standard InChI is InChI=1S/C11H8ClN3O2/c12-9-3-1-2-8(6-9)11-13-7-15(14-11)5-4-10(16)17/h1-7H,(H,16,17)/p+1. The molecule has 0 amide bonds. The molecule has 0 saturated carbocycles. The summed E-state index contributed by atoms with van der Waals surface area (Å²) in [5, 5.41) is 12.0. The molecule has 86 valence electrons. The van der Waals surface area contributed by atoms with E-state index >= 15 is 0 Å². The van der Waals surface area contributed by atoms with Crippen LogP contribution < -0.4 is 4.68 Å². The highest BCUT2D eigenvalue weighted by Gasteiger charge is 2.09. The van der Waals surface area contributed by atoms with E-state index < -0.39 is 5.97 Å². The van der Waals surface area contributed by atoms with E-state index in [9.17, 15) is 4.79 Å². The van der Waals surface area contributed by atoms with Gasteiger partial charge in [0.25, 0.3) is 5.82 Å². The summed E-state index contributed by atoms with van der Waals surface area (Å²) in [5.41, 5.74) is 0.833. The van der Waals surface area contributed by atoms with Crippen molar-refractivity contribution in [1.82, 2.24) is 10.1 Å². The Kier molecular flexibility index (Phi) is 3.20. The van der Waals surface area contributed by atoms with Crippen molar-refractivity contribution >= 4 is 23.8 Å². The van der Waals surface area contributed by atoms with Gasteiger partial charge in [-0.1, -0.05) is 17.7 Å². The lowest BCUT2D eigenvalue weighted by Gasteiger charge is -1.92. The van der Waals surface area contributed by atoms with Gasteiger partial charge in [0.1, 0.15) is 6.20 Å². The molecule has 0 fully saturated rings. The van der Waals surface area contributed by atoms with Crippen molar-refractivity contribution in [2.24, 2.45) is 0 Å². The van der Waals surface area contributed by atoms with Gasteiger partial charge in [-0.05, 0) is 23.2 Å². The van der Waals surface area contributed by atoms with Gasteiger partial charge >= 0.3 is 12.3 Å². The number of rotatable bonds is 3. The SMILES string of the molecule is O=C(O)C=C[n+]1cnc(-c2cccc(Cl)c2)[nH]1. The molecule has 2 N–H and O–H groups in total. The van der Waals surface area contributed by atoms with Gasteiger partial charge in [0.2, 0.25) is 0 Å². The van der Waals surface area contributed by atoms with Crippen LogP contribution in [0.2, 0.25) is 5.02 Å². The summed E-state index contributed by atoms with van der Waals surface area (Å²) in [5.74, 6) is -0.404. The zero-order valence-electron chi connectivity index (χ0n) is 8.67. The molecule has 0 saturated heterocycles. The third-order valence-electron chi connectivity index (χ3n) is 2.02. The minimum Gasteiger partial charge on any atom is -0.478 e. The van der Waals surface area contributed by atoms with Gasteiger partial charge in [-0.3, -0.25) is 0 Å². The maximum Gasteiger partial charge on any atom is 0.332 e. The molecule has 0 atom stereocenters. The average molecular weight is 251 g/mol. The summed E-state index contributed by atoms with van der Waals surface area (Å²) in [7, 11) is 0. The summed E-state index contributed by atoms with van der Waals surface area (Å²) in [4.78, 5) is 14.5. The Labute approximate surface area is 102 Å². The van der Waals surface area contributed by atoms with Crippen molar-refractivity contribution in [2.75, 3.05) is 0 Å². The lowest BCUT2D eigenvalue weighted by atomic mass is 10.2. The van der Waals surface area contributed by atoms with E-state index in [-0.39, 0.29) is 0 Å². The molecule has 0 aliphatic rings. The Bertz CT molecular complexity index is 578. The normalized spacial score (nSPS) is 10.9. The van der Waals surface area contributed by atoms with Crippen LogP contribution >= 0.6 is 11.6 Å². The minimum absolute atomic E-state index is 0.613. The number of nitrogens with one attached hydrogen (secondary N) is 1.